The van der Waals surface area contributed by atoms with Gasteiger partial charge in [-0.15, -0.1) is 12.4 Å². The van der Waals surface area contributed by atoms with Crippen LogP contribution in [0.25, 0.3) is 0 Å². The standard InChI is InChI=1S/C14H19F2NO3.ClH/c1-18-6-7-19-11-8-12(15)14(13(16)9-11)20-10-2-4-17-5-3-10;/h8-10,17H,2-7H2,1H3;1H. The van der Waals surface area contributed by atoms with Gasteiger partial charge in [0.05, 0.1) is 6.61 Å². The number of benzene rings is 1. The first-order valence-electron chi connectivity index (χ1n) is 6.69. The third-order valence-corrected chi connectivity index (χ3v) is 3.10. The van der Waals surface area contributed by atoms with E-state index in [1.165, 1.54) is 7.11 Å². The van der Waals surface area contributed by atoms with Crippen LogP contribution in [-0.2, 0) is 4.74 Å². The van der Waals surface area contributed by atoms with E-state index in [4.69, 9.17) is 14.2 Å². The first-order valence-corrected chi connectivity index (χ1v) is 6.69. The second-order valence-electron chi connectivity index (χ2n) is 4.62. The number of halogens is 3. The predicted molar refractivity (Wildman–Crippen MR) is 77.5 cm³/mol. The van der Waals surface area contributed by atoms with Crippen molar-refractivity contribution in [3.63, 3.8) is 0 Å². The minimum atomic E-state index is -0.740. The van der Waals surface area contributed by atoms with E-state index in [-0.39, 0.29) is 36.6 Å². The summed E-state index contributed by atoms with van der Waals surface area (Å²) in [4.78, 5) is 0. The number of hydrogen-bond acceptors (Lipinski definition) is 4. The van der Waals surface area contributed by atoms with Gasteiger partial charge in [0.25, 0.3) is 0 Å². The molecule has 0 atom stereocenters. The maximum atomic E-state index is 13.9. The Morgan fingerprint density at radius 3 is 2.33 bits per heavy atom. The Labute approximate surface area is 129 Å². The second-order valence-corrected chi connectivity index (χ2v) is 4.62. The lowest BCUT2D eigenvalue weighted by Crippen LogP contribution is -2.34. The van der Waals surface area contributed by atoms with Crippen molar-refractivity contribution in [3.05, 3.63) is 23.8 Å². The molecule has 21 heavy (non-hydrogen) atoms. The average molecular weight is 324 g/mol. The fraction of sp³-hybridized carbons (Fsp3) is 0.571. The maximum Gasteiger partial charge on any atom is 0.191 e. The molecule has 0 bridgehead atoms. The van der Waals surface area contributed by atoms with Crippen LogP contribution in [0.3, 0.4) is 0 Å². The van der Waals surface area contributed by atoms with Gasteiger partial charge in [-0.05, 0) is 25.9 Å². The molecular weight excluding hydrogens is 304 g/mol. The molecule has 1 N–H and O–H groups in total. The number of nitrogens with one attached hydrogen (secondary N) is 1. The van der Waals surface area contributed by atoms with E-state index < -0.39 is 11.6 Å². The van der Waals surface area contributed by atoms with Crippen LogP contribution in [0.1, 0.15) is 12.8 Å². The van der Waals surface area contributed by atoms with Crippen LogP contribution in [-0.4, -0.2) is 39.5 Å². The lowest BCUT2D eigenvalue weighted by molar-refractivity contribution is 0.142. The number of piperidine rings is 1. The first-order chi connectivity index (χ1) is 9.70. The first kappa shape index (κ1) is 17.9. The summed E-state index contributed by atoms with van der Waals surface area (Å²) in [6.07, 6.45) is 1.33. The summed E-state index contributed by atoms with van der Waals surface area (Å²) in [6.45, 7) is 2.19. The molecule has 7 heteroatoms. The van der Waals surface area contributed by atoms with Crippen molar-refractivity contribution in [3.8, 4) is 11.5 Å². The van der Waals surface area contributed by atoms with Gasteiger partial charge in [-0.1, -0.05) is 0 Å². The monoisotopic (exact) mass is 323 g/mol. The molecule has 1 aliphatic rings. The van der Waals surface area contributed by atoms with Crippen LogP contribution in [0.4, 0.5) is 8.78 Å². The van der Waals surface area contributed by atoms with Crippen LogP contribution >= 0.6 is 12.4 Å². The SMILES string of the molecule is COCCOc1cc(F)c(OC2CCNCC2)c(F)c1.Cl. The van der Waals surface area contributed by atoms with Gasteiger partial charge in [-0.25, -0.2) is 8.78 Å². The Hall–Kier alpha value is -1.11. The fourth-order valence-corrected chi connectivity index (χ4v) is 2.06. The molecule has 0 aliphatic carbocycles. The zero-order chi connectivity index (χ0) is 14.4. The average Bonchev–Trinajstić information content (AvgIpc) is 2.44. The summed E-state index contributed by atoms with van der Waals surface area (Å²) in [7, 11) is 1.53. The van der Waals surface area contributed by atoms with Gasteiger partial charge < -0.3 is 19.5 Å². The molecule has 0 radical (unpaired) electrons. The van der Waals surface area contributed by atoms with E-state index in [1.54, 1.807) is 0 Å². The molecule has 0 spiro atoms. The lowest BCUT2D eigenvalue weighted by Gasteiger charge is -2.24. The third-order valence-electron chi connectivity index (χ3n) is 3.10. The third kappa shape index (κ3) is 5.30. The number of ether oxygens (including phenoxy) is 3. The van der Waals surface area contributed by atoms with E-state index in [2.05, 4.69) is 5.32 Å². The van der Waals surface area contributed by atoms with Crippen LogP contribution in [0, 0.1) is 11.6 Å². The van der Waals surface area contributed by atoms with Crippen molar-refractivity contribution in [2.24, 2.45) is 0 Å². The summed E-state index contributed by atoms with van der Waals surface area (Å²) in [5.74, 6) is -1.67. The number of hydrogen-bond donors (Lipinski definition) is 1. The zero-order valence-electron chi connectivity index (χ0n) is 11.9. The highest BCUT2D eigenvalue weighted by Gasteiger charge is 2.20. The minimum Gasteiger partial charge on any atom is -0.491 e. The van der Waals surface area contributed by atoms with Crippen LogP contribution in [0.15, 0.2) is 12.1 Å². The summed E-state index contributed by atoms with van der Waals surface area (Å²) in [5, 5.41) is 3.17. The van der Waals surface area contributed by atoms with Crippen molar-refractivity contribution in [1.82, 2.24) is 5.32 Å². The Kier molecular flexibility index (Phi) is 7.71. The van der Waals surface area contributed by atoms with E-state index >= 15 is 0 Å². The molecule has 1 fully saturated rings. The Balaban J connectivity index is 0.00000220. The summed E-state index contributed by atoms with van der Waals surface area (Å²) >= 11 is 0. The van der Waals surface area contributed by atoms with Gasteiger partial charge in [0.2, 0.25) is 0 Å². The smallest absolute Gasteiger partial charge is 0.191 e. The van der Waals surface area contributed by atoms with Crippen molar-refractivity contribution in [2.45, 2.75) is 18.9 Å². The summed E-state index contributed by atoms with van der Waals surface area (Å²) in [6, 6.07) is 2.27. The van der Waals surface area contributed by atoms with Crippen molar-refractivity contribution >= 4 is 12.4 Å². The molecule has 1 aromatic carbocycles. The molecule has 1 aliphatic heterocycles. The molecule has 1 aromatic rings. The van der Waals surface area contributed by atoms with E-state index in [0.29, 0.717) is 6.61 Å². The Bertz CT molecular complexity index is 419. The highest BCUT2D eigenvalue weighted by Crippen LogP contribution is 2.29. The van der Waals surface area contributed by atoms with E-state index in [1.807, 2.05) is 0 Å². The number of rotatable bonds is 6. The van der Waals surface area contributed by atoms with Gasteiger partial charge in [0.1, 0.15) is 18.5 Å². The van der Waals surface area contributed by atoms with Gasteiger partial charge >= 0.3 is 0 Å². The summed E-state index contributed by atoms with van der Waals surface area (Å²) in [5.41, 5.74) is 0. The van der Waals surface area contributed by atoms with Crippen molar-refractivity contribution in [2.75, 3.05) is 33.4 Å². The lowest BCUT2D eigenvalue weighted by atomic mass is 10.1. The maximum absolute atomic E-state index is 13.9. The molecule has 0 saturated carbocycles. The van der Waals surface area contributed by atoms with Gasteiger partial charge in [-0.2, -0.15) is 0 Å². The highest BCUT2D eigenvalue weighted by molar-refractivity contribution is 5.85. The van der Waals surface area contributed by atoms with Crippen molar-refractivity contribution < 1.29 is 23.0 Å². The Morgan fingerprint density at radius 1 is 1.14 bits per heavy atom. The molecule has 0 unspecified atom stereocenters. The molecule has 1 saturated heterocycles. The fourth-order valence-electron chi connectivity index (χ4n) is 2.06. The van der Waals surface area contributed by atoms with E-state index in [9.17, 15) is 8.78 Å². The molecular formula is C14H20ClF2NO3. The normalized spacial score (nSPS) is 15.4. The molecule has 0 aromatic heterocycles. The van der Waals surface area contributed by atoms with Gasteiger partial charge in [-0.3, -0.25) is 0 Å². The summed E-state index contributed by atoms with van der Waals surface area (Å²) < 4.78 is 43.2. The molecule has 0 amide bonds. The topological polar surface area (TPSA) is 39.7 Å². The van der Waals surface area contributed by atoms with Crippen LogP contribution < -0.4 is 14.8 Å². The quantitative estimate of drug-likeness (QED) is 0.817. The second kappa shape index (κ2) is 9.02. The highest BCUT2D eigenvalue weighted by atomic mass is 35.5. The number of methoxy groups -OCH3 is 1. The molecule has 1 heterocycles. The Morgan fingerprint density at radius 2 is 1.76 bits per heavy atom. The predicted octanol–water partition coefficient (Wildman–Crippen LogP) is 2.54. The van der Waals surface area contributed by atoms with Gasteiger partial charge in [0.15, 0.2) is 17.4 Å². The zero-order valence-corrected chi connectivity index (χ0v) is 12.7. The minimum absolute atomic E-state index is 0. The van der Waals surface area contributed by atoms with E-state index in [0.717, 1.165) is 38.1 Å². The molecule has 2 rings (SSSR count). The van der Waals surface area contributed by atoms with Gasteiger partial charge in [0, 0.05) is 19.2 Å². The largest absolute Gasteiger partial charge is 0.491 e. The molecule has 4 nitrogen and oxygen atoms in total. The van der Waals surface area contributed by atoms with Crippen LogP contribution in [0.5, 0.6) is 11.5 Å². The van der Waals surface area contributed by atoms with Crippen molar-refractivity contribution in [1.29, 1.82) is 0 Å². The molecule has 120 valence electrons. The van der Waals surface area contributed by atoms with Crippen LogP contribution in [0.2, 0.25) is 0 Å².